The fourth-order valence-corrected chi connectivity index (χ4v) is 2.95. The monoisotopic (exact) mass is 348 g/mol. The van der Waals surface area contributed by atoms with Crippen molar-refractivity contribution in [1.82, 2.24) is 0 Å². The second-order valence-corrected chi connectivity index (χ2v) is 6.51. The Bertz CT molecular complexity index is 537. The molecule has 0 saturated heterocycles. The quantitative estimate of drug-likeness (QED) is 0.370. The lowest BCUT2D eigenvalue weighted by atomic mass is 9.96. The molecule has 1 N–H and O–H groups in total. The van der Waals surface area contributed by atoms with Gasteiger partial charge in [-0.3, -0.25) is 0 Å². The summed E-state index contributed by atoms with van der Waals surface area (Å²) in [6.07, 6.45) is 11.0. The van der Waals surface area contributed by atoms with Crippen LogP contribution in [0, 0.1) is 0 Å². The summed E-state index contributed by atoms with van der Waals surface area (Å²) in [6, 6.07) is 5.09. The van der Waals surface area contributed by atoms with E-state index in [1.54, 1.807) is 18.2 Å². The van der Waals surface area contributed by atoms with Gasteiger partial charge < -0.3 is 9.84 Å². The SMILES string of the molecule is CCCCCCCCCCc1cccc(C(=O)OCCC)c1C(=O)O. The lowest BCUT2D eigenvalue weighted by Gasteiger charge is -2.11. The maximum absolute atomic E-state index is 12.1. The molecule has 0 radical (unpaired) electrons. The zero-order chi connectivity index (χ0) is 18.5. The van der Waals surface area contributed by atoms with E-state index in [1.165, 1.54) is 38.5 Å². The summed E-state index contributed by atoms with van der Waals surface area (Å²) in [5, 5.41) is 9.54. The lowest BCUT2D eigenvalue weighted by Crippen LogP contribution is -2.14. The van der Waals surface area contributed by atoms with E-state index in [1.807, 2.05) is 6.92 Å². The van der Waals surface area contributed by atoms with E-state index in [0.29, 0.717) is 19.4 Å². The molecule has 0 aliphatic carbocycles. The Hall–Kier alpha value is -1.84. The first-order valence-electron chi connectivity index (χ1n) is 9.64. The van der Waals surface area contributed by atoms with E-state index in [0.717, 1.165) is 18.4 Å². The molecule has 140 valence electrons. The molecule has 0 atom stereocenters. The van der Waals surface area contributed by atoms with Crippen LogP contribution in [0.5, 0.6) is 0 Å². The third kappa shape index (κ3) is 7.72. The van der Waals surface area contributed by atoms with Gasteiger partial charge in [-0.2, -0.15) is 0 Å². The minimum Gasteiger partial charge on any atom is -0.478 e. The van der Waals surface area contributed by atoms with E-state index >= 15 is 0 Å². The van der Waals surface area contributed by atoms with Crippen molar-refractivity contribution < 1.29 is 19.4 Å². The highest BCUT2D eigenvalue weighted by Crippen LogP contribution is 2.19. The topological polar surface area (TPSA) is 63.6 Å². The minimum absolute atomic E-state index is 0.103. The van der Waals surface area contributed by atoms with Gasteiger partial charge in [0, 0.05) is 0 Å². The van der Waals surface area contributed by atoms with Crippen LogP contribution < -0.4 is 0 Å². The number of benzene rings is 1. The van der Waals surface area contributed by atoms with Gasteiger partial charge >= 0.3 is 11.9 Å². The number of hydrogen-bond donors (Lipinski definition) is 1. The Labute approximate surface area is 151 Å². The van der Waals surface area contributed by atoms with Crippen LogP contribution >= 0.6 is 0 Å². The molecule has 0 aliphatic heterocycles. The average molecular weight is 348 g/mol. The smallest absolute Gasteiger partial charge is 0.339 e. The molecule has 0 fully saturated rings. The average Bonchev–Trinajstić information content (AvgIpc) is 2.61. The predicted molar refractivity (Wildman–Crippen MR) is 100 cm³/mol. The van der Waals surface area contributed by atoms with Crippen molar-refractivity contribution in [2.45, 2.75) is 78.1 Å². The van der Waals surface area contributed by atoms with Gasteiger partial charge in [0.2, 0.25) is 0 Å². The van der Waals surface area contributed by atoms with E-state index < -0.39 is 11.9 Å². The molecule has 0 aliphatic rings. The summed E-state index contributed by atoms with van der Waals surface area (Å²) in [5.74, 6) is -1.60. The number of rotatable bonds is 13. The number of hydrogen-bond acceptors (Lipinski definition) is 3. The Morgan fingerprint density at radius 2 is 1.56 bits per heavy atom. The van der Waals surface area contributed by atoms with Crippen LogP contribution in [0.3, 0.4) is 0 Å². The van der Waals surface area contributed by atoms with Crippen molar-refractivity contribution >= 4 is 11.9 Å². The van der Waals surface area contributed by atoms with Crippen molar-refractivity contribution in [3.8, 4) is 0 Å². The van der Waals surface area contributed by atoms with Gasteiger partial charge in [0.05, 0.1) is 17.7 Å². The number of carboxylic acid groups (broad SMARTS) is 1. The summed E-state index contributed by atoms with van der Waals surface area (Å²) < 4.78 is 5.11. The second-order valence-electron chi connectivity index (χ2n) is 6.51. The second kappa shape index (κ2) is 12.5. The number of esters is 1. The Balaban J connectivity index is 2.58. The van der Waals surface area contributed by atoms with Gasteiger partial charge in [-0.15, -0.1) is 0 Å². The minimum atomic E-state index is -1.06. The van der Waals surface area contributed by atoms with E-state index in [9.17, 15) is 14.7 Å². The number of aryl methyl sites for hydroxylation is 1. The van der Waals surface area contributed by atoms with Crippen molar-refractivity contribution in [2.24, 2.45) is 0 Å². The molecule has 0 saturated carbocycles. The summed E-state index contributed by atoms with van der Waals surface area (Å²) in [6.45, 7) is 4.43. The Kier molecular flexibility index (Phi) is 10.6. The fourth-order valence-electron chi connectivity index (χ4n) is 2.95. The molecule has 1 aromatic carbocycles. The highest BCUT2D eigenvalue weighted by molar-refractivity contribution is 6.03. The van der Waals surface area contributed by atoms with Crippen molar-refractivity contribution in [3.63, 3.8) is 0 Å². The summed E-state index contributed by atoms with van der Waals surface area (Å²) in [5.41, 5.74) is 0.994. The number of carbonyl (C=O) groups excluding carboxylic acids is 1. The highest BCUT2D eigenvalue weighted by Gasteiger charge is 2.20. The molecular weight excluding hydrogens is 316 g/mol. The van der Waals surface area contributed by atoms with Crippen LogP contribution in [0.25, 0.3) is 0 Å². The van der Waals surface area contributed by atoms with Crippen LogP contribution in [0.15, 0.2) is 18.2 Å². The molecule has 1 rings (SSSR count). The molecule has 0 unspecified atom stereocenters. The molecule has 25 heavy (non-hydrogen) atoms. The molecule has 4 nitrogen and oxygen atoms in total. The number of unbranched alkanes of at least 4 members (excludes halogenated alkanes) is 7. The van der Waals surface area contributed by atoms with Gasteiger partial charge in [-0.1, -0.05) is 70.9 Å². The highest BCUT2D eigenvalue weighted by atomic mass is 16.5. The third-order valence-corrected chi connectivity index (χ3v) is 4.32. The first kappa shape index (κ1) is 21.2. The summed E-state index contributed by atoms with van der Waals surface area (Å²) in [7, 11) is 0. The molecule has 0 heterocycles. The van der Waals surface area contributed by atoms with Crippen LogP contribution in [-0.2, 0) is 11.2 Å². The third-order valence-electron chi connectivity index (χ3n) is 4.32. The fraction of sp³-hybridized carbons (Fsp3) is 0.619. The normalized spacial score (nSPS) is 10.6. The van der Waals surface area contributed by atoms with Crippen molar-refractivity contribution in [2.75, 3.05) is 6.61 Å². The van der Waals surface area contributed by atoms with Gasteiger partial charge in [-0.05, 0) is 30.9 Å². The predicted octanol–water partition coefficient (Wildman–Crippen LogP) is 5.63. The van der Waals surface area contributed by atoms with Gasteiger partial charge in [0.15, 0.2) is 0 Å². The molecule has 0 bridgehead atoms. The van der Waals surface area contributed by atoms with Gasteiger partial charge in [0.1, 0.15) is 0 Å². The first-order valence-corrected chi connectivity index (χ1v) is 9.64. The Morgan fingerprint density at radius 1 is 0.920 bits per heavy atom. The lowest BCUT2D eigenvalue weighted by molar-refractivity contribution is 0.0494. The standard InChI is InChI=1S/C21H32O4/c1-3-5-6-7-8-9-10-11-13-17-14-12-15-18(19(17)20(22)23)21(24)25-16-4-2/h12,14-15H,3-11,13,16H2,1-2H3,(H,22,23). The molecule has 0 spiro atoms. The summed E-state index contributed by atoms with van der Waals surface area (Å²) in [4.78, 5) is 23.7. The maximum atomic E-state index is 12.1. The van der Waals surface area contributed by atoms with E-state index in [-0.39, 0.29) is 11.1 Å². The van der Waals surface area contributed by atoms with E-state index in [2.05, 4.69) is 6.92 Å². The number of carbonyl (C=O) groups is 2. The molecule has 0 aromatic heterocycles. The first-order chi connectivity index (χ1) is 12.1. The van der Waals surface area contributed by atoms with Crippen molar-refractivity contribution in [1.29, 1.82) is 0 Å². The van der Waals surface area contributed by atoms with Crippen LogP contribution in [-0.4, -0.2) is 23.7 Å². The molecule has 4 heteroatoms. The maximum Gasteiger partial charge on any atom is 0.339 e. The molecule has 1 aromatic rings. The molecular formula is C21H32O4. The zero-order valence-electron chi connectivity index (χ0n) is 15.7. The largest absolute Gasteiger partial charge is 0.478 e. The Morgan fingerprint density at radius 3 is 2.16 bits per heavy atom. The van der Waals surface area contributed by atoms with E-state index in [4.69, 9.17) is 4.74 Å². The summed E-state index contributed by atoms with van der Waals surface area (Å²) >= 11 is 0. The number of ether oxygens (including phenoxy) is 1. The van der Waals surface area contributed by atoms with Crippen LogP contribution in [0.1, 0.15) is 97.9 Å². The molecule has 0 amide bonds. The zero-order valence-corrected chi connectivity index (χ0v) is 15.7. The van der Waals surface area contributed by atoms with Crippen LogP contribution in [0.2, 0.25) is 0 Å². The van der Waals surface area contributed by atoms with Gasteiger partial charge in [-0.25, -0.2) is 9.59 Å². The van der Waals surface area contributed by atoms with Crippen molar-refractivity contribution in [3.05, 3.63) is 34.9 Å². The number of aromatic carboxylic acids is 1. The van der Waals surface area contributed by atoms with Crippen LogP contribution in [0.4, 0.5) is 0 Å². The number of carboxylic acids is 1. The van der Waals surface area contributed by atoms with Gasteiger partial charge in [0.25, 0.3) is 0 Å².